The van der Waals surface area contributed by atoms with Crippen molar-refractivity contribution in [2.75, 3.05) is 30.3 Å². The third-order valence-corrected chi connectivity index (χ3v) is 6.66. The Kier molecular flexibility index (Phi) is 6.46. The zero-order chi connectivity index (χ0) is 24.4. The number of carbonyl (C=O) groups is 2. The molecular weight excluding hydrogens is 468 g/mol. The largest absolute Gasteiger partial charge is 0.484 e. The number of benzene rings is 2. The fourth-order valence-corrected chi connectivity index (χ4v) is 4.94. The molecule has 2 N–H and O–H groups in total. The Bertz CT molecular complexity index is 1290. The first-order valence-electron chi connectivity index (χ1n) is 11.5. The van der Waals surface area contributed by atoms with Crippen molar-refractivity contribution in [3.05, 3.63) is 87.8 Å². The van der Waals surface area contributed by atoms with Crippen LogP contribution in [0.4, 0.5) is 16.2 Å². The highest BCUT2D eigenvalue weighted by Gasteiger charge is 2.36. The van der Waals surface area contributed by atoms with Gasteiger partial charge in [0.15, 0.2) is 6.61 Å². The van der Waals surface area contributed by atoms with Crippen LogP contribution in [0.25, 0.3) is 0 Å². The van der Waals surface area contributed by atoms with Gasteiger partial charge < -0.3 is 24.8 Å². The minimum atomic E-state index is -0.504. The van der Waals surface area contributed by atoms with Crippen LogP contribution < -0.4 is 20.9 Å². The fraction of sp³-hybridized carbons (Fsp3) is 0.269. The average molecular weight is 493 g/mol. The summed E-state index contributed by atoms with van der Waals surface area (Å²) in [5, 5.41) is 5.91. The summed E-state index contributed by atoms with van der Waals surface area (Å²) < 4.78 is 7.37. The van der Waals surface area contributed by atoms with Crippen molar-refractivity contribution in [1.29, 1.82) is 0 Å². The lowest BCUT2D eigenvalue weighted by molar-refractivity contribution is -0.136. The highest BCUT2D eigenvalue weighted by molar-refractivity contribution is 6.30. The van der Waals surface area contributed by atoms with Crippen LogP contribution in [0.15, 0.2) is 71.5 Å². The maximum absolute atomic E-state index is 13.2. The number of aromatic nitrogens is 1. The number of nitrogens with one attached hydrogen (secondary N) is 2. The van der Waals surface area contributed by atoms with Gasteiger partial charge in [0.2, 0.25) is 0 Å². The second-order valence-corrected chi connectivity index (χ2v) is 9.31. The molecule has 5 rings (SSSR count). The maximum Gasteiger partial charge on any atom is 0.323 e. The number of fused-ring (bicyclic) bond motifs is 4. The molecule has 2 bridgehead atoms. The number of likely N-dealkylation sites (tertiary alicyclic amines) is 1. The first-order valence-corrected chi connectivity index (χ1v) is 11.9. The van der Waals surface area contributed by atoms with Gasteiger partial charge in [-0.15, -0.1) is 0 Å². The van der Waals surface area contributed by atoms with Crippen molar-refractivity contribution in [3.8, 4) is 5.75 Å². The van der Waals surface area contributed by atoms with E-state index >= 15 is 0 Å². The molecule has 2 aliphatic rings. The van der Waals surface area contributed by atoms with Gasteiger partial charge in [0.1, 0.15) is 11.4 Å². The Balaban J connectivity index is 1.25. The van der Waals surface area contributed by atoms with Gasteiger partial charge in [-0.2, -0.15) is 0 Å². The Labute approximate surface area is 207 Å². The second kappa shape index (κ2) is 9.84. The van der Waals surface area contributed by atoms with Gasteiger partial charge in [-0.25, -0.2) is 4.79 Å². The lowest BCUT2D eigenvalue weighted by atomic mass is 9.83. The quantitative estimate of drug-likeness (QED) is 0.559. The highest BCUT2D eigenvalue weighted by Crippen LogP contribution is 2.35. The number of pyridine rings is 1. The maximum atomic E-state index is 13.2. The number of urea groups is 1. The number of hydrogen-bond donors (Lipinski definition) is 2. The standard InChI is InChI=1S/C26H25ClN4O4/c27-19-6-8-20(9-7-19)28-26(34)29-22-10-11-23-18-12-17(14-31(23)25(22)33)13-30(15-18)24(32)16-35-21-4-2-1-3-5-21/h1-11,17-18H,12-16H2,(H2,28,29,34)/t17-,18+/m0/s1. The SMILES string of the molecule is O=C(Nc1ccc(Cl)cc1)Nc1ccc2n(c1=O)C[C@H]1C[C@@H]2CN(C(=O)COc2ccccc2)C1. The number of halogens is 1. The van der Waals surface area contributed by atoms with Crippen molar-refractivity contribution in [2.45, 2.75) is 18.9 Å². The summed E-state index contributed by atoms with van der Waals surface area (Å²) in [5.74, 6) is 0.831. The molecule has 8 nitrogen and oxygen atoms in total. The van der Waals surface area contributed by atoms with E-state index < -0.39 is 6.03 Å². The summed E-state index contributed by atoms with van der Waals surface area (Å²) in [7, 11) is 0. The number of rotatable bonds is 5. The van der Waals surface area contributed by atoms with E-state index in [9.17, 15) is 14.4 Å². The zero-order valence-corrected chi connectivity index (χ0v) is 19.7. The molecule has 2 atom stereocenters. The highest BCUT2D eigenvalue weighted by atomic mass is 35.5. The molecule has 9 heteroatoms. The van der Waals surface area contributed by atoms with Crippen molar-refractivity contribution >= 4 is 34.9 Å². The van der Waals surface area contributed by atoms with Gasteiger partial charge >= 0.3 is 6.03 Å². The molecule has 3 amide bonds. The van der Waals surface area contributed by atoms with Gasteiger partial charge in [-0.1, -0.05) is 29.8 Å². The van der Waals surface area contributed by atoms with Crippen LogP contribution in [0.2, 0.25) is 5.02 Å². The van der Waals surface area contributed by atoms with Gasteiger partial charge in [-0.05, 0) is 60.9 Å². The smallest absolute Gasteiger partial charge is 0.323 e. The Morgan fingerprint density at radius 2 is 1.71 bits per heavy atom. The number of hydrogen-bond acceptors (Lipinski definition) is 4. The minimum absolute atomic E-state index is 0.0121. The van der Waals surface area contributed by atoms with E-state index in [1.54, 1.807) is 34.9 Å². The summed E-state index contributed by atoms with van der Waals surface area (Å²) in [6, 6.07) is 19.0. The van der Waals surface area contributed by atoms with E-state index in [1.165, 1.54) is 0 Å². The average Bonchev–Trinajstić information content (AvgIpc) is 2.86. The van der Waals surface area contributed by atoms with Crippen LogP contribution >= 0.6 is 11.6 Å². The van der Waals surface area contributed by atoms with E-state index in [4.69, 9.17) is 16.3 Å². The molecule has 0 saturated carbocycles. The van der Waals surface area contributed by atoms with E-state index in [-0.39, 0.29) is 35.6 Å². The molecule has 3 heterocycles. The normalized spacial score (nSPS) is 18.4. The molecule has 0 aliphatic carbocycles. The van der Waals surface area contributed by atoms with Crippen LogP contribution in [0.3, 0.4) is 0 Å². The number of piperidine rings is 1. The van der Waals surface area contributed by atoms with Crippen LogP contribution in [0.1, 0.15) is 18.0 Å². The Morgan fingerprint density at radius 3 is 2.49 bits per heavy atom. The number of carbonyl (C=O) groups excluding carboxylic acids is 2. The number of nitrogens with zero attached hydrogens (tertiary/aromatic N) is 2. The lowest BCUT2D eigenvalue weighted by Crippen LogP contribution is -2.50. The first-order chi connectivity index (χ1) is 17.0. The molecule has 180 valence electrons. The third-order valence-electron chi connectivity index (χ3n) is 6.41. The van der Waals surface area contributed by atoms with Gasteiger partial charge in [-0.3, -0.25) is 9.59 Å². The molecule has 2 aromatic carbocycles. The minimum Gasteiger partial charge on any atom is -0.484 e. The molecule has 35 heavy (non-hydrogen) atoms. The van der Waals surface area contributed by atoms with Crippen molar-refractivity contribution < 1.29 is 14.3 Å². The first kappa shape index (κ1) is 23.0. The summed E-state index contributed by atoms with van der Waals surface area (Å²) in [6.07, 6.45) is 0.923. The number of para-hydroxylation sites is 1. The number of anilines is 2. The predicted molar refractivity (Wildman–Crippen MR) is 134 cm³/mol. The summed E-state index contributed by atoms with van der Waals surface area (Å²) in [6.45, 7) is 1.61. The molecule has 0 radical (unpaired) electrons. The zero-order valence-electron chi connectivity index (χ0n) is 18.9. The molecule has 3 aromatic rings. The van der Waals surface area contributed by atoms with Crippen molar-refractivity contribution in [3.63, 3.8) is 0 Å². The summed E-state index contributed by atoms with van der Waals surface area (Å²) >= 11 is 5.87. The van der Waals surface area contributed by atoms with Crippen LogP contribution in [0.5, 0.6) is 5.75 Å². The van der Waals surface area contributed by atoms with Crippen LogP contribution in [0, 0.1) is 5.92 Å². The van der Waals surface area contributed by atoms with E-state index in [2.05, 4.69) is 10.6 Å². The van der Waals surface area contributed by atoms with E-state index in [1.807, 2.05) is 41.3 Å². The van der Waals surface area contributed by atoms with Crippen LogP contribution in [-0.4, -0.2) is 41.1 Å². The fourth-order valence-electron chi connectivity index (χ4n) is 4.82. The summed E-state index contributed by atoms with van der Waals surface area (Å²) in [4.78, 5) is 40.2. The van der Waals surface area contributed by atoms with Gasteiger partial charge in [0.05, 0.1) is 0 Å². The topological polar surface area (TPSA) is 92.7 Å². The third kappa shape index (κ3) is 5.17. The molecule has 1 fully saturated rings. The molecule has 1 aromatic heterocycles. The Morgan fingerprint density at radius 1 is 0.943 bits per heavy atom. The number of ether oxygens (including phenoxy) is 1. The molecule has 0 spiro atoms. The van der Waals surface area contributed by atoms with Crippen LogP contribution in [-0.2, 0) is 11.3 Å². The van der Waals surface area contributed by atoms with Crippen molar-refractivity contribution in [1.82, 2.24) is 9.47 Å². The Hall–Kier alpha value is -3.78. The molecule has 0 unspecified atom stereocenters. The van der Waals surface area contributed by atoms with Gasteiger partial charge in [0.25, 0.3) is 11.5 Å². The van der Waals surface area contributed by atoms with Gasteiger partial charge in [0, 0.05) is 42.0 Å². The second-order valence-electron chi connectivity index (χ2n) is 8.87. The van der Waals surface area contributed by atoms with E-state index in [0.717, 1.165) is 12.1 Å². The molecule has 2 aliphatic heterocycles. The van der Waals surface area contributed by atoms with E-state index in [0.29, 0.717) is 36.1 Å². The monoisotopic (exact) mass is 492 g/mol. The van der Waals surface area contributed by atoms with Crippen molar-refractivity contribution in [2.24, 2.45) is 5.92 Å². The lowest BCUT2D eigenvalue weighted by Gasteiger charge is -2.42. The predicted octanol–water partition coefficient (Wildman–Crippen LogP) is 4.17. The summed E-state index contributed by atoms with van der Waals surface area (Å²) in [5.41, 5.74) is 1.43. The molecule has 1 saturated heterocycles. The number of amides is 3. The molecular formula is C26H25ClN4O4.